The quantitative estimate of drug-likeness (QED) is 0.559. The number of hydrogen-bond acceptors (Lipinski definition) is 6. The van der Waals surface area contributed by atoms with Gasteiger partial charge in [-0.15, -0.1) is 0 Å². The Kier molecular flexibility index (Phi) is 5.68. The molecule has 9 nitrogen and oxygen atoms in total. The van der Waals surface area contributed by atoms with Gasteiger partial charge in [0.1, 0.15) is 17.2 Å². The third-order valence-electron chi connectivity index (χ3n) is 5.94. The topological polar surface area (TPSA) is 108 Å². The van der Waals surface area contributed by atoms with Crippen LogP contribution < -0.4 is 5.32 Å². The van der Waals surface area contributed by atoms with Crippen LogP contribution in [0, 0.1) is 0 Å². The standard InChI is InChI=1S/C22H23ClN6O3/c1-4-20(31)28-10-18(29(13(2)30)22(11-28)5-6-22)14-7-16(27-19(23)8-14)15-9-17(21(32)24-3)26-12-25-15/h4,7-9,12,18H,1,5-6,10-11H2,2-3H3,(H,24,32)/t18-/m1/s1. The van der Waals surface area contributed by atoms with Crippen molar-refractivity contribution in [2.45, 2.75) is 31.3 Å². The van der Waals surface area contributed by atoms with Crippen molar-refractivity contribution < 1.29 is 14.4 Å². The molecule has 3 heterocycles. The molecular weight excluding hydrogens is 432 g/mol. The lowest BCUT2D eigenvalue weighted by Gasteiger charge is -2.47. The molecule has 1 N–H and O–H groups in total. The molecule has 0 aromatic carbocycles. The van der Waals surface area contributed by atoms with Crippen LogP contribution >= 0.6 is 11.6 Å². The number of pyridine rings is 1. The van der Waals surface area contributed by atoms with Gasteiger partial charge in [-0.25, -0.2) is 15.0 Å². The van der Waals surface area contributed by atoms with E-state index in [0.717, 1.165) is 18.4 Å². The van der Waals surface area contributed by atoms with E-state index in [-0.39, 0.29) is 34.1 Å². The van der Waals surface area contributed by atoms with Gasteiger partial charge in [-0.05, 0) is 42.7 Å². The van der Waals surface area contributed by atoms with E-state index in [1.807, 2.05) is 4.90 Å². The van der Waals surface area contributed by atoms with E-state index in [0.29, 0.717) is 24.5 Å². The normalized spacial score (nSPS) is 18.9. The van der Waals surface area contributed by atoms with Gasteiger partial charge in [0, 0.05) is 27.1 Å². The lowest BCUT2D eigenvalue weighted by atomic mass is 9.96. The van der Waals surface area contributed by atoms with Gasteiger partial charge in [0.05, 0.1) is 23.0 Å². The monoisotopic (exact) mass is 454 g/mol. The fraction of sp³-hybridized carbons (Fsp3) is 0.364. The Morgan fingerprint density at radius 3 is 2.59 bits per heavy atom. The molecule has 166 valence electrons. The summed E-state index contributed by atoms with van der Waals surface area (Å²) < 4.78 is 0. The van der Waals surface area contributed by atoms with E-state index in [1.54, 1.807) is 24.0 Å². The molecule has 1 spiro atoms. The Morgan fingerprint density at radius 2 is 1.97 bits per heavy atom. The van der Waals surface area contributed by atoms with Gasteiger partial charge in [-0.2, -0.15) is 0 Å². The second-order valence-electron chi connectivity index (χ2n) is 8.03. The van der Waals surface area contributed by atoms with Crippen molar-refractivity contribution in [3.63, 3.8) is 0 Å². The maximum atomic E-state index is 12.7. The molecule has 2 fully saturated rings. The first-order chi connectivity index (χ1) is 15.3. The number of halogens is 1. The Morgan fingerprint density at radius 1 is 1.22 bits per heavy atom. The zero-order valence-corrected chi connectivity index (χ0v) is 18.6. The number of rotatable bonds is 4. The molecule has 2 aliphatic rings. The van der Waals surface area contributed by atoms with Crippen LogP contribution in [0.15, 0.2) is 37.2 Å². The van der Waals surface area contributed by atoms with Gasteiger partial charge in [0.2, 0.25) is 11.8 Å². The SMILES string of the molecule is C=CC(=O)N1C[C@H](c2cc(Cl)nc(-c3cc(C(=O)NC)ncn3)c2)N(C(C)=O)C2(CC2)C1. The van der Waals surface area contributed by atoms with Crippen LogP contribution in [0.2, 0.25) is 5.15 Å². The van der Waals surface area contributed by atoms with Crippen LogP contribution in [0.1, 0.15) is 41.9 Å². The van der Waals surface area contributed by atoms with Crippen molar-refractivity contribution >= 4 is 29.3 Å². The van der Waals surface area contributed by atoms with E-state index in [2.05, 4.69) is 26.8 Å². The molecule has 0 radical (unpaired) electrons. The summed E-state index contributed by atoms with van der Waals surface area (Å²) in [6, 6.07) is 4.62. The average Bonchev–Trinajstić information content (AvgIpc) is 3.55. The van der Waals surface area contributed by atoms with Crippen LogP contribution in [0.5, 0.6) is 0 Å². The summed E-state index contributed by atoms with van der Waals surface area (Å²) >= 11 is 6.35. The number of aromatic nitrogens is 3. The summed E-state index contributed by atoms with van der Waals surface area (Å²) in [5.74, 6) is -0.576. The van der Waals surface area contributed by atoms with E-state index < -0.39 is 6.04 Å². The molecular formula is C22H23ClN6O3. The van der Waals surface area contributed by atoms with Crippen LogP contribution in [-0.4, -0.2) is 68.1 Å². The molecule has 1 saturated carbocycles. The molecule has 3 amide bonds. The van der Waals surface area contributed by atoms with Crippen molar-refractivity contribution in [3.05, 3.63) is 53.6 Å². The summed E-state index contributed by atoms with van der Waals surface area (Å²) in [7, 11) is 1.52. The summed E-state index contributed by atoms with van der Waals surface area (Å²) in [5.41, 5.74) is 1.44. The van der Waals surface area contributed by atoms with Gasteiger partial charge in [-0.1, -0.05) is 18.2 Å². The largest absolute Gasteiger partial charge is 0.354 e. The van der Waals surface area contributed by atoms with Crippen molar-refractivity contribution in [1.82, 2.24) is 30.1 Å². The summed E-state index contributed by atoms with van der Waals surface area (Å²) in [5, 5.41) is 2.74. The lowest BCUT2D eigenvalue weighted by molar-refractivity contribution is -0.145. The van der Waals surface area contributed by atoms with Crippen molar-refractivity contribution in [3.8, 4) is 11.4 Å². The Hall–Kier alpha value is -3.33. The zero-order chi connectivity index (χ0) is 23.0. The Labute approximate surface area is 190 Å². The first kappa shape index (κ1) is 21.9. The van der Waals surface area contributed by atoms with Crippen molar-refractivity contribution in [2.24, 2.45) is 0 Å². The zero-order valence-electron chi connectivity index (χ0n) is 17.8. The molecule has 0 bridgehead atoms. The number of piperazine rings is 1. The second-order valence-corrected chi connectivity index (χ2v) is 8.42. The van der Waals surface area contributed by atoms with Crippen molar-refractivity contribution in [2.75, 3.05) is 20.1 Å². The lowest BCUT2D eigenvalue weighted by Crippen LogP contribution is -2.58. The van der Waals surface area contributed by atoms with Crippen LogP contribution in [0.25, 0.3) is 11.4 Å². The molecule has 10 heteroatoms. The third kappa shape index (κ3) is 3.95. The predicted molar refractivity (Wildman–Crippen MR) is 118 cm³/mol. The second kappa shape index (κ2) is 8.31. The number of hydrogen-bond donors (Lipinski definition) is 1. The molecule has 1 aliphatic heterocycles. The van der Waals surface area contributed by atoms with Gasteiger partial charge >= 0.3 is 0 Å². The van der Waals surface area contributed by atoms with Gasteiger partial charge < -0.3 is 15.1 Å². The first-order valence-corrected chi connectivity index (χ1v) is 10.6. The van der Waals surface area contributed by atoms with E-state index in [1.165, 1.54) is 25.5 Å². The minimum absolute atomic E-state index is 0.0587. The molecule has 32 heavy (non-hydrogen) atoms. The molecule has 0 unspecified atom stereocenters. The average molecular weight is 455 g/mol. The smallest absolute Gasteiger partial charge is 0.269 e. The van der Waals surface area contributed by atoms with Crippen molar-refractivity contribution in [1.29, 1.82) is 0 Å². The number of carbonyl (C=O) groups is 3. The molecule has 1 atom stereocenters. The van der Waals surface area contributed by atoms with Gasteiger partial charge in [-0.3, -0.25) is 14.4 Å². The number of nitrogens with zero attached hydrogens (tertiary/aromatic N) is 5. The fourth-order valence-electron chi connectivity index (χ4n) is 4.36. The first-order valence-electron chi connectivity index (χ1n) is 10.2. The minimum atomic E-state index is -0.396. The highest BCUT2D eigenvalue weighted by Crippen LogP contribution is 2.50. The summed E-state index contributed by atoms with van der Waals surface area (Å²) in [4.78, 5) is 53.2. The highest BCUT2D eigenvalue weighted by molar-refractivity contribution is 6.29. The van der Waals surface area contributed by atoms with E-state index >= 15 is 0 Å². The van der Waals surface area contributed by atoms with Crippen LogP contribution in [0.3, 0.4) is 0 Å². The number of nitrogens with one attached hydrogen (secondary N) is 1. The number of carbonyl (C=O) groups excluding carboxylic acids is 3. The molecule has 4 rings (SSSR count). The van der Waals surface area contributed by atoms with Gasteiger partial charge in [0.15, 0.2) is 0 Å². The fourth-order valence-corrected chi connectivity index (χ4v) is 4.57. The van der Waals surface area contributed by atoms with E-state index in [4.69, 9.17) is 11.6 Å². The molecule has 1 aliphatic carbocycles. The number of amides is 3. The summed E-state index contributed by atoms with van der Waals surface area (Å²) in [6.45, 7) is 5.95. The Balaban J connectivity index is 1.77. The van der Waals surface area contributed by atoms with Crippen LogP contribution in [0.4, 0.5) is 0 Å². The highest BCUT2D eigenvalue weighted by atomic mass is 35.5. The maximum absolute atomic E-state index is 12.7. The van der Waals surface area contributed by atoms with E-state index in [9.17, 15) is 14.4 Å². The van der Waals surface area contributed by atoms with Crippen LogP contribution in [-0.2, 0) is 9.59 Å². The third-order valence-corrected chi connectivity index (χ3v) is 6.14. The maximum Gasteiger partial charge on any atom is 0.269 e. The molecule has 2 aromatic rings. The summed E-state index contributed by atoms with van der Waals surface area (Å²) in [6.07, 6.45) is 4.24. The highest BCUT2D eigenvalue weighted by Gasteiger charge is 2.56. The minimum Gasteiger partial charge on any atom is -0.354 e. The molecule has 1 saturated heterocycles. The van der Waals surface area contributed by atoms with Gasteiger partial charge in [0.25, 0.3) is 5.91 Å². The predicted octanol–water partition coefficient (Wildman–Crippen LogP) is 2.00. The molecule has 2 aromatic heterocycles. The Bertz CT molecular complexity index is 1120.